The van der Waals surface area contributed by atoms with Crippen LogP contribution < -0.4 is 10.6 Å². The maximum atomic E-state index is 13.4. The third-order valence-electron chi connectivity index (χ3n) is 3.71. The lowest BCUT2D eigenvalue weighted by Gasteiger charge is -2.24. The number of carbonyl (C=O) groups excluding carboxylic acids is 2. The van der Waals surface area contributed by atoms with Crippen molar-refractivity contribution in [1.82, 2.24) is 5.32 Å². The molecule has 2 aromatic rings. The fourth-order valence-corrected chi connectivity index (χ4v) is 2.15. The highest BCUT2D eigenvalue weighted by molar-refractivity contribution is 6.39. The largest absolute Gasteiger partial charge is 0.384 e. The molecule has 0 saturated carbocycles. The summed E-state index contributed by atoms with van der Waals surface area (Å²) >= 11 is 0. The number of rotatable bonds is 4. The zero-order valence-corrected chi connectivity index (χ0v) is 13.5. The monoisotopic (exact) mass is 330 g/mol. The van der Waals surface area contributed by atoms with Crippen molar-refractivity contribution in [2.45, 2.75) is 19.4 Å². The van der Waals surface area contributed by atoms with Crippen molar-refractivity contribution in [2.24, 2.45) is 0 Å². The second-order valence-electron chi connectivity index (χ2n) is 5.69. The van der Waals surface area contributed by atoms with Crippen LogP contribution in [0.25, 0.3) is 0 Å². The second kappa shape index (κ2) is 7.23. The summed E-state index contributed by atoms with van der Waals surface area (Å²) in [6.07, 6.45) is 0. The molecule has 0 radical (unpaired) electrons. The first-order valence-electron chi connectivity index (χ1n) is 7.43. The van der Waals surface area contributed by atoms with Gasteiger partial charge in [-0.05, 0) is 31.5 Å². The van der Waals surface area contributed by atoms with Crippen LogP contribution in [-0.2, 0) is 15.2 Å². The number of nitrogens with one attached hydrogen (secondary N) is 2. The molecule has 126 valence electrons. The number of anilines is 1. The van der Waals surface area contributed by atoms with Gasteiger partial charge in [-0.2, -0.15) is 0 Å². The van der Waals surface area contributed by atoms with Crippen LogP contribution in [0.2, 0.25) is 0 Å². The van der Waals surface area contributed by atoms with E-state index in [0.717, 1.165) is 0 Å². The summed E-state index contributed by atoms with van der Waals surface area (Å²) in [5.41, 5.74) is -0.224. The summed E-state index contributed by atoms with van der Waals surface area (Å²) in [4.78, 5) is 23.8. The minimum absolute atomic E-state index is 0.134. The van der Waals surface area contributed by atoms with Crippen LogP contribution in [-0.4, -0.2) is 23.5 Å². The van der Waals surface area contributed by atoms with E-state index in [9.17, 15) is 19.1 Å². The Morgan fingerprint density at radius 2 is 1.75 bits per heavy atom. The Labute approximate surface area is 139 Å². The van der Waals surface area contributed by atoms with Gasteiger partial charge in [0.2, 0.25) is 0 Å². The van der Waals surface area contributed by atoms with Crippen LogP contribution in [0.1, 0.15) is 18.1 Å². The van der Waals surface area contributed by atoms with Gasteiger partial charge in [-0.25, -0.2) is 4.39 Å². The van der Waals surface area contributed by atoms with Crippen molar-refractivity contribution in [3.05, 3.63) is 65.5 Å². The van der Waals surface area contributed by atoms with E-state index in [2.05, 4.69) is 10.6 Å². The third kappa shape index (κ3) is 4.17. The van der Waals surface area contributed by atoms with E-state index < -0.39 is 23.2 Å². The van der Waals surface area contributed by atoms with E-state index in [4.69, 9.17) is 0 Å². The molecule has 0 aliphatic rings. The zero-order valence-electron chi connectivity index (χ0n) is 13.5. The van der Waals surface area contributed by atoms with E-state index in [1.54, 1.807) is 24.3 Å². The first-order chi connectivity index (χ1) is 11.3. The fraction of sp³-hybridized carbons (Fsp3) is 0.222. The second-order valence-corrected chi connectivity index (χ2v) is 5.69. The van der Waals surface area contributed by atoms with Crippen molar-refractivity contribution in [2.75, 3.05) is 11.9 Å². The quantitative estimate of drug-likeness (QED) is 0.751. The molecule has 0 fully saturated rings. The highest BCUT2D eigenvalue weighted by Gasteiger charge is 2.25. The molecule has 3 N–H and O–H groups in total. The first-order valence-corrected chi connectivity index (χ1v) is 7.43. The van der Waals surface area contributed by atoms with Crippen LogP contribution in [0.3, 0.4) is 0 Å². The average molecular weight is 330 g/mol. The van der Waals surface area contributed by atoms with Crippen molar-refractivity contribution < 1.29 is 19.1 Å². The SMILES string of the molecule is Cc1c(F)cccc1NC(=O)C(=O)NCC(C)(O)c1ccccc1. The van der Waals surface area contributed by atoms with E-state index in [0.29, 0.717) is 5.56 Å². The average Bonchev–Trinajstić information content (AvgIpc) is 2.57. The molecule has 1 atom stereocenters. The molecule has 5 nitrogen and oxygen atoms in total. The van der Waals surface area contributed by atoms with Crippen molar-refractivity contribution >= 4 is 17.5 Å². The molecule has 2 amide bonds. The first kappa shape index (κ1) is 17.6. The number of aliphatic hydroxyl groups is 1. The van der Waals surface area contributed by atoms with Gasteiger partial charge in [-0.1, -0.05) is 36.4 Å². The number of hydrogen-bond donors (Lipinski definition) is 3. The summed E-state index contributed by atoms with van der Waals surface area (Å²) in [7, 11) is 0. The van der Waals surface area contributed by atoms with Gasteiger partial charge < -0.3 is 15.7 Å². The molecule has 2 aromatic carbocycles. The number of halogens is 1. The molecule has 0 heterocycles. The van der Waals surface area contributed by atoms with Crippen molar-refractivity contribution in [3.8, 4) is 0 Å². The highest BCUT2D eigenvalue weighted by atomic mass is 19.1. The van der Waals surface area contributed by atoms with Crippen LogP contribution in [0.5, 0.6) is 0 Å². The summed E-state index contributed by atoms with van der Waals surface area (Å²) in [6, 6.07) is 13.0. The highest BCUT2D eigenvalue weighted by Crippen LogP contribution is 2.19. The van der Waals surface area contributed by atoms with Gasteiger partial charge in [0, 0.05) is 11.3 Å². The minimum Gasteiger partial charge on any atom is -0.384 e. The van der Waals surface area contributed by atoms with Gasteiger partial charge in [0.15, 0.2) is 0 Å². The van der Waals surface area contributed by atoms with E-state index in [-0.39, 0.29) is 17.8 Å². The van der Waals surface area contributed by atoms with Gasteiger partial charge >= 0.3 is 11.8 Å². The predicted octanol–water partition coefficient (Wildman–Crippen LogP) is 2.10. The minimum atomic E-state index is -1.31. The van der Waals surface area contributed by atoms with Crippen LogP contribution in [0, 0.1) is 12.7 Å². The number of carbonyl (C=O) groups is 2. The smallest absolute Gasteiger partial charge is 0.313 e. The number of hydrogen-bond acceptors (Lipinski definition) is 3. The Balaban J connectivity index is 1.97. The lowest BCUT2D eigenvalue weighted by molar-refractivity contribution is -0.136. The summed E-state index contributed by atoms with van der Waals surface area (Å²) in [6.45, 7) is 2.91. The van der Waals surface area contributed by atoms with Gasteiger partial charge in [0.05, 0.1) is 6.54 Å². The van der Waals surface area contributed by atoms with Gasteiger partial charge in [0.1, 0.15) is 11.4 Å². The van der Waals surface area contributed by atoms with E-state index >= 15 is 0 Å². The summed E-state index contributed by atoms with van der Waals surface area (Å²) in [5, 5.41) is 15.1. The molecule has 0 saturated heterocycles. The Bertz CT molecular complexity index is 745. The molecule has 0 aromatic heterocycles. The Kier molecular flexibility index (Phi) is 5.31. The fourth-order valence-electron chi connectivity index (χ4n) is 2.15. The predicted molar refractivity (Wildman–Crippen MR) is 88.8 cm³/mol. The Morgan fingerprint density at radius 3 is 2.42 bits per heavy atom. The molecule has 0 bridgehead atoms. The standard InChI is InChI=1S/C18H19FN2O3/c1-12-14(19)9-6-10-15(12)21-17(23)16(22)20-11-18(2,24)13-7-4-3-5-8-13/h3-10,24H,11H2,1-2H3,(H,20,22)(H,21,23). The van der Waals surface area contributed by atoms with Gasteiger partial charge in [-0.15, -0.1) is 0 Å². The van der Waals surface area contributed by atoms with Gasteiger partial charge in [-0.3, -0.25) is 9.59 Å². The van der Waals surface area contributed by atoms with Crippen LogP contribution >= 0.6 is 0 Å². The zero-order chi connectivity index (χ0) is 17.7. The van der Waals surface area contributed by atoms with Gasteiger partial charge in [0.25, 0.3) is 0 Å². The lowest BCUT2D eigenvalue weighted by atomic mass is 9.96. The molecule has 24 heavy (non-hydrogen) atoms. The maximum Gasteiger partial charge on any atom is 0.313 e. The molecule has 1 unspecified atom stereocenters. The summed E-state index contributed by atoms with van der Waals surface area (Å²) in [5.74, 6) is -2.30. The van der Waals surface area contributed by atoms with Crippen molar-refractivity contribution in [1.29, 1.82) is 0 Å². The third-order valence-corrected chi connectivity index (χ3v) is 3.71. The molecule has 0 spiro atoms. The molecule has 6 heteroatoms. The van der Waals surface area contributed by atoms with Crippen LogP contribution in [0.4, 0.5) is 10.1 Å². The topological polar surface area (TPSA) is 78.4 Å². The molecule has 0 aliphatic heterocycles. The van der Waals surface area contributed by atoms with Crippen molar-refractivity contribution in [3.63, 3.8) is 0 Å². The molecule has 2 rings (SSSR count). The summed E-state index contributed by atoms with van der Waals surface area (Å²) < 4.78 is 13.4. The van der Waals surface area contributed by atoms with E-state index in [1.165, 1.54) is 32.0 Å². The van der Waals surface area contributed by atoms with Crippen LogP contribution in [0.15, 0.2) is 48.5 Å². The number of amides is 2. The normalized spacial score (nSPS) is 13.0. The Morgan fingerprint density at radius 1 is 1.08 bits per heavy atom. The molecule has 0 aliphatic carbocycles. The molecular weight excluding hydrogens is 311 g/mol. The Hall–Kier alpha value is -2.73. The maximum absolute atomic E-state index is 13.4. The van der Waals surface area contributed by atoms with E-state index in [1.807, 2.05) is 6.07 Å². The molecular formula is C18H19FN2O3. The lowest BCUT2D eigenvalue weighted by Crippen LogP contribution is -2.43. The number of benzene rings is 2.